The summed E-state index contributed by atoms with van der Waals surface area (Å²) in [4.78, 5) is 34.6. The van der Waals surface area contributed by atoms with Gasteiger partial charge in [0, 0.05) is 30.5 Å². The average Bonchev–Trinajstić information content (AvgIpc) is 3.39. The Morgan fingerprint density at radius 3 is 2.88 bits per heavy atom. The first-order valence-electron chi connectivity index (χ1n) is 10.6. The summed E-state index contributed by atoms with van der Waals surface area (Å²) in [5.74, 6) is 0.930. The van der Waals surface area contributed by atoms with Crippen LogP contribution < -0.4 is 15.5 Å². The number of rotatable bonds is 6. The molecule has 32 heavy (non-hydrogen) atoms. The first-order valence-corrected chi connectivity index (χ1v) is 12.3. The Bertz CT molecular complexity index is 1180. The number of carbonyl (C=O) groups is 2. The van der Waals surface area contributed by atoms with Gasteiger partial charge < -0.3 is 10.2 Å². The number of aromatic nitrogens is 2. The molecule has 2 aromatic heterocycles. The van der Waals surface area contributed by atoms with Crippen molar-refractivity contribution in [2.75, 3.05) is 24.5 Å². The van der Waals surface area contributed by atoms with Crippen molar-refractivity contribution >= 4 is 56.4 Å². The van der Waals surface area contributed by atoms with Crippen LogP contribution in [0.4, 0.5) is 10.7 Å². The molecule has 7 nitrogen and oxygen atoms in total. The zero-order chi connectivity index (χ0) is 21.9. The lowest BCUT2D eigenvalue weighted by atomic mass is 9.97. The molecule has 164 valence electrons. The van der Waals surface area contributed by atoms with Gasteiger partial charge in [-0.2, -0.15) is 0 Å². The molecule has 0 spiro atoms. The molecule has 0 saturated carbocycles. The molecule has 5 rings (SSSR count). The Hall–Kier alpha value is -2.75. The highest BCUT2D eigenvalue weighted by Crippen LogP contribution is 2.26. The highest BCUT2D eigenvalue weighted by Gasteiger charge is 2.25. The Morgan fingerprint density at radius 1 is 1.19 bits per heavy atom. The van der Waals surface area contributed by atoms with Crippen molar-refractivity contribution in [3.8, 4) is 0 Å². The summed E-state index contributed by atoms with van der Waals surface area (Å²) in [6.07, 6.45) is 5.50. The first-order chi connectivity index (χ1) is 15.6. The van der Waals surface area contributed by atoms with Crippen LogP contribution in [0.5, 0.6) is 0 Å². The second-order valence-corrected chi connectivity index (χ2v) is 9.95. The predicted molar refractivity (Wildman–Crippen MR) is 130 cm³/mol. The van der Waals surface area contributed by atoms with Crippen LogP contribution in [0.2, 0.25) is 0 Å². The second-order valence-electron chi connectivity index (χ2n) is 7.99. The van der Waals surface area contributed by atoms with Gasteiger partial charge in [-0.1, -0.05) is 6.07 Å². The number of thioether (sulfide) groups is 1. The van der Waals surface area contributed by atoms with E-state index in [0.717, 1.165) is 50.8 Å². The van der Waals surface area contributed by atoms with Gasteiger partial charge in [0.25, 0.3) is 11.1 Å². The number of fused-ring (bicyclic) bond motifs is 1. The third-order valence-electron chi connectivity index (χ3n) is 5.76. The van der Waals surface area contributed by atoms with E-state index >= 15 is 0 Å². The van der Waals surface area contributed by atoms with Crippen LogP contribution in [-0.2, 0) is 11.3 Å². The Balaban J connectivity index is 1.12. The topological polar surface area (TPSA) is 87.2 Å². The minimum Gasteiger partial charge on any atom is -0.341 e. The Morgan fingerprint density at radius 2 is 2.06 bits per heavy atom. The molecule has 0 unspecified atom stereocenters. The van der Waals surface area contributed by atoms with Gasteiger partial charge in [-0.05, 0) is 83.7 Å². The van der Waals surface area contributed by atoms with Crippen LogP contribution in [0, 0.1) is 5.92 Å². The van der Waals surface area contributed by atoms with Gasteiger partial charge in [-0.15, -0.1) is 11.3 Å². The molecule has 2 saturated heterocycles. The molecule has 0 aliphatic carbocycles. The first kappa shape index (κ1) is 21.1. The number of anilines is 1. The number of thiophene rings is 1. The molecule has 3 aromatic rings. The minimum absolute atomic E-state index is 0.349. The SMILES string of the molecule is O=C1NC(=O)C(=Cc2ccnc(N3CCC(CNCc4ccc5sccc5c4)CC3)n2)S1. The summed E-state index contributed by atoms with van der Waals surface area (Å²) in [5.41, 5.74) is 1.96. The van der Waals surface area contributed by atoms with Crippen LogP contribution in [0.25, 0.3) is 16.2 Å². The summed E-state index contributed by atoms with van der Waals surface area (Å²) >= 11 is 2.68. The Labute approximate surface area is 194 Å². The number of nitrogens with one attached hydrogen (secondary N) is 2. The van der Waals surface area contributed by atoms with Crippen molar-refractivity contribution in [2.24, 2.45) is 5.92 Å². The molecular formula is C23H23N5O2S2. The minimum atomic E-state index is -0.372. The maximum Gasteiger partial charge on any atom is 0.290 e. The number of nitrogens with zero attached hydrogens (tertiary/aromatic N) is 3. The van der Waals surface area contributed by atoms with E-state index in [4.69, 9.17) is 0 Å². The number of hydrogen-bond acceptors (Lipinski definition) is 8. The van der Waals surface area contributed by atoms with E-state index in [2.05, 4.69) is 55.1 Å². The maximum atomic E-state index is 11.8. The van der Waals surface area contributed by atoms with Crippen molar-refractivity contribution in [1.82, 2.24) is 20.6 Å². The maximum absolute atomic E-state index is 11.8. The number of imide groups is 1. The molecule has 2 aliphatic rings. The summed E-state index contributed by atoms with van der Waals surface area (Å²) in [5, 5.41) is 8.99. The fourth-order valence-electron chi connectivity index (χ4n) is 4.03. The van der Waals surface area contributed by atoms with Gasteiger partial charge in [0.15, 0.2) is 0 Å². The van der Waals surface area contributed by atoms with Crippen LogP contribution >= 0.6 is 23.1 Å². The van der Waals surface area contributed by atoms with E-state index in [9.17, 15) is 9.59 Å². The highest BCUT2D eigenvalue weighted by atomic mass is 32.2. The van der Waals surface area contributed by atoms with E-state index in [-0.39, 0.29) is 11.1 Å². The zero-order valence-electron chi connectivity index (χ0n) is 17.4. The van der Waals surface area contributed by atoms with Crippen molar-refractivity contribution < 1.29 is 9.59 Å². The molecule has 2 amide bonds. The lowest BCUT2D eigenvalue weighted by Gasteiger charge is -2.32. The molecule has 2 N–H and O–H groups in total. The van der Waals surface area contributed by atoms with Crippen molar-refractivity contribution in [2.45, 2.75) is 19.4 Å². The smallest absolute Gasteiger partial charge is 0.290 e. The van der Waals surface area contributed by atoms with E-state index < -0.39 is 0 Å². The molecule has 2 aliphatic heterocycles. The number of benzene rings is 1. The molecule has 2 fully saturated rings. The van der Waals surface area contributed by atoms with Crippen molar-refractivity contribution in [3.05, 3.63) is 58.1 Å². The van der Waals surface area contributed by atoms with E-state index in [1.54, 1.807) is 29.7 Å². The van der Waals surface area contributed by atoms with Crippen LogP contribution in [0.3, 0.4) is 0 Å². The standard InChI is InChI=1S/C23H23N5O2S2/c29-21-20(32-23(30)27-21)12-18-3-7-25-22(26-18)28-8-4-15(5-9-28)13-24-14-16-1-2-19-17(11-16)6-10-31-19/h1-3,6-7,10-12,15,24H,4-5,8-9,13-14H2,(H,27,29,30). The van der Waals surface area contributed by atoms with Gasteiger partial charge in [0.2, 0.25) is 5.95 Å². The summed E-state index contributed by atoms with van der Waals surface area (Å²) in [6, 6.07) is 10.6. The largest absolute Gasteiger partial charge is 0.341 e. The molecular weight excluding hydrogens is 442 g/mol. The number of hydrogen-bond donors (Lipinski definition) is 2. The Kier molecular flexibility index (Phi) is 6.20. The van der Waals surface area contributed by atoms with E-state index in [1.165, 1.54) is 15.6 Å². The summed E-state index contributed by atoms with van der Waals surface area (Å²) < 4.78 is 1.34. The normalized spacial score (nSPS) is 18.6. The highest BCUT2D eigenvalue weighted by molar-refractivity contribution is 8.18. The van der Waals surface area contributed by atoms with Crippen LogP contribution in [-0.4, -0.2) is 40.7 Å². The zero-order valence-corrected chi connectivity index (χ0v) is 19.0. The molecule has 0 atom stereocenters. The average molecular weight is 466 g/mol. The van der Waals surface area contributed by atoms with Gasteiger partial charge >= 0.3 is 0 Å². The van der Waals surface area contributed by atoms with Gasteiger partial charge in [0.1, 0.15) is 0 Å². The van der Waals surface area contributed by atoms with Gasteiger partial charge in [-0.3, -0.25) is 14.9 Å². The number of piperidine rings is 1. The number of carbonyl (C=O) groups excluding carboxylic acids is 2. The van der Waals surface area contributed by atoms with Crippen LogP contribution in [0.15, 0.2) is 46.8 Å². The lowest BCUT2D eigenvalue weighted by Crippen LogP contribution is -2.38. The summed E-state index contributed by atoms with van der Waals surface area (Å²) in [7, 11) is 0. The van der Waals surface area contributed by atoms with Crippen molar-refractivity contribution in [3.63, 3.8) is 0 Å². The third-order valence-corrected chi connectivity index (χ3v) is 7.47. The van der Waals surface area contributed by atoms with Crippen molar-refractivity contribution in [1.29, 1.82) is 0 Å². The molecule has 0 radical (unpaired) electrons. The lowest BCUT2D eigenvalue weighted by molar-refractivity contribution is -0.115. The monoisotopic (exact) mass is 465 g/mol. The molecule has 9 heteroatoms. The number of amides is 2. The molecule has 1 aromatic carbocycles. The van der Waals surface area contributed by atoms with E-state index in [0.29, 0.717) is 22.5 Å². The second kappa shape index (κ2) is 9.40. The third kappa shape index (κ3) is 4.85. The molecule has 4 heterocycles. The molecule has 0 bridgehead atoms. The van der Waals surface area contributed by atoms with Gasteiger partial charge in [-0.25, -0.2) is 9.97 Å². The van der Waals surface area contributed by atoms with E-state index in [1.807, 2.05) is 0 Å². The summed E-state index contributed by atoms with van der Waals surface area (Å²) in [6.45, 7) is 3.70. The fraction of sp³-hybridized carbons (Fsp3) is 0.304. The van der Waals surface area contributed by atoms with Gasteiger partial charge in [0.05, 0.1) is 10.6 Å². The predicted octanol–water partition coefficient (Wildman–Crippen LogP) is 4.02. The fourth-order valence-corrected chi connectivity index (χ4v) is 5.47. The quantitative estimate of drug-likeness (QED) is 0.532. The van der Waals surface area contributed by atoms with Crippen LogP contribution in [0.1, 0.15) is 24.1 Å².